The van der Waals surface area contributed by atoms with Gasteiger partial charge in [0.1, 0.15) is 5.75 Å². The SMILES string of the molecule is COc1ccc(Cl)cc1NC(=O)C[C@@H](c1ccccc1C)n1cccc1. The van der Waals surface area contributed by atoms with Gasteiger partial charge in [0.2, 0.25) is 5.91 Å². The summed E-state index contributed by atoms with van der Waals surface area (Å²) in [5.41, 5.74) is 2.84. The van der Waals surface area contributed by atoms with E-state index in [1.54, 1.807) is 25.3 Å². The van der Waals surface area contributed by atoms with Crippen LogP contribution in [-0.2, 0) is 4.79 Å². The number of aryl methyl sites for hydroxylation is 1. The smallest absolute Gasteiger partial charge is 0.226 e. The highest BCUT2D eigenvalue weighted by atomic mass is 35.5. The summed E-state index contributed by atoms with van der Waals surface area (Å²) >= 11 is 6.05. The highest BCUT2D eigenvalue weighted by Gasteiger charge is 2.20. The Kier molecular flexibility index (Phi) is 5.64. The number of ether oxygens (including phenoxy) is 1. The van der Waals surface area contributed by atoms with E-state index in [1.807, 2.05) is 36.7 Å². The van der Waals surface area contributed by atoms with Gasteiger partial charge in [0.25, 0.3) is 0 Å². The number of amides is 1. The van der Waals surface area contributed by atoms with Crippen LogP contribution in [0.4, 0.5) is 5.69 Å². The predicted molar refractivity (Wildman–Crippen MR) is 105 cm³/mol. The van der Waals surface area contributed by atoms with Crippen LogP contribution in [0.5, 0.6) is 5.75 Å². The van der Waals surface area contributed by atoms with E-state index in [9.17, 15) is 4.79 Å². The van der Waals surface area contributed by atoms with Crippen LogP contribution in [-0.4, -0.2) is 17.6 Å². The molecule has 0 bridgehead atoms. The van der Waals surface area contributed by atoms with Crippen molar-refractivity contribution in [1.82, 2.24) is 4.57 Å². The van der Waals surface area contributed by atoms with Gasteiger partial charge < -0.3 is 14.6 Å². The van der Waals surface area contributed by atoms with Gasteiger partial charge in [-0.15, -0.1) is 0 Å². The van der Waals surface area contributed by atoms with Gasteiger partial charge in [-0.2, -0.15) is 0 Å². The zero-order valence-corrected chi connectivity index (χ0v) is 15.5. The molecule has 3 rings (SSSR count). The maximum atomic E-state index is 12.8. The first-order chi connectivity index (χ1) is 12.6. The lowest BCUT2D eigenvalue weighted by atomic mass is 9.98. The van der Waals surface area contributed by atoms with E-state index < -0.39 is 0 Å². The number of carbonyl (C=O) groups excluding carboxylic acids is 1. The van der Waals surface area contributed by atoms with Crippen molar-refractivity contribution in [1.29, 1.82) is 0 Å². The molecule has 26 heavy (non-hydrogen) atoms. The van der Waals surface area contributed by atoms with E-state index in [1.165, 1.54) is 0 Å². The topological polar surface area (TPSA) is 43.3 Å². The van der Waals surface area contributed by atoms with Gasteiger partial charge in [0.15, 0.2) is 0 Å². The second-order valence-electron chi connectivity index (χ2n) is 6.10. The number of halogens is 1. The number of carbonyl (C=O) groups is 1. The average molecular weight is 369 g/mol. The van der Waals surface area contributed by atoms with Gasteiger partial charge >= 0.3 is 0 Å². The average Bonchev–Trinajstić information content (AvgIpc) is 3.15. The van der Waals surface area contributed by atoms with Crippen molar-refractivity contribution < 1.29 is 9.53 Å². The van der Waals surface area contributed by atoms with Crippen molar-refractivity contribution in [3.8, 4) is 5.75 Å². The molecule has 0 spiro atoms. The van der Waals surface area contributed by atoms with Gasteiger partial charge in [-0.05, 0) is 48.4 Å². The molecule has 0 saturated heterocycles. The van der Waals surface area contributed by atoms with Crippen molar-refractivity contribution in [2.24, 2.45) is 0 Å². The summed E-state index contributed by atoms with van der Waals surface area (Å²) in [4.78, 5) is 12.8. The van der Waals surface area contributed by atoms with E-state index in [4.69, 9.17) is 16.3 Å². The summed E-state index contributed by atoms with van der Waals surface area (Å²) < 4.78 is 7.36. The van der Waals surface area contributed by atoms with E-state index in [0.29, 0.717) is 22.9 Å². The molecule has 0 saturated carbocycles. The Bertz CT molecular complexity index is 891. The maximum Gasteiger partial charge on any atom is 0.226 e. The Morgan fingerprint density at radius 2 is 1.88 bits per heavy atom. The Balaban J connectivity index is 1.85. The van der Waals surface area contributed by atoms with Crippen molar-refractivity contribution in [2.75, 3.05) is 12.4 Å². The number of hydrogen-bond donors (Lipinski definition) is 1. The van der Waals surface area contributed by atoms with E-state index in [0.717, 1.165) is 11.1 Å². The second kappa shape index (κ2) is 8.11. The van der Waals surface area contributed by atoms with Crippen LogP contribution >= 0.6 is 11.6 Å². The van der Waals surface area contributed by atoms with Gasteiger partial charge in [-0.1, -0.05) is 35.9 Å². The Morgan fingerprint density at radius 3 is 2.58 bits per heavy atom. The fourth-order valence-electron chi connectivity index (χ4n) is 3.05. The minimum absolute atomic E-state index is 0.0867. The molecule has 0 unspecified atom stereocenters. The van der Waals surface area contributed by atoms with E-state index >= 15 is 0 Å². The van der Waals surface area contributed by atoms with Crippen molar-refractivity contribution in [3.05, 3.63) is 83.1 Å². The minimum atomic E-state index is -0.104. The van der Waals surface area contributed by atoms with Gasteiger partial charge in [0.05, 0.1) is 25.3 Å². The lowest BCUT2D eigenvalue weighted by Gasteiger charge is -2.21. The Labute approximate surface area is 158 Å². The first kappa shape index (κ1) is 18.1. The lowest BCUT2D eigenvalue weighted by molar-refractivity contribution is -0.116. The first-order valence-electron chi connectivity index (χ1n) is 8.40. The minimum Gasteiger partial charge on any atom is -0.495 e. The molecule has 0 aliphatic carbocycles. The van der Waals surface area contributed by atoms with E-state index in [2.05, 4.69) is 28.9 Å². The summed E-state index contributed by atoms with van der Waals surface area (Å²) in [7, 11) is 1.56. The maximum absolute atomic E-state index is 12.8. The van der Waals surface area contributed by atoms with Crippen LogP contribution in [0.3, 0.4) is 0 Å². The van der Waals surface area contributed by atoms with Gasteiger partial charge in [-0.3, -0.25) is 4.79 Å². The molecule has 0 aliphatic heterocycles. The lowest BCUT2D eigenvalue weighted by Crippen LogP contribution is -2.20. The molecule has 0 fully saturated rings. The summed E-state index contributed by atoms with van der Waals surface area (Å²) in [6.45, 7) is 2.06. The molecule has 0 aliphatic rings. The third-order valence-corrected chi connectivity index (χ3v) is 4.58. The third-order valence-electron chi connectivity index (χ3n) is 4.35. The summed E-state index contributed by atoms with van der Waals surface area (Å²) in [5, 5.41) is 3.47. The number of rotatable bonds is 6. The fraction of sp³-hybridized carbons (Fsp3) is 0.190. The number of methoxy groups -OCH3 is 1. The number of nitrogens with one attached hydrogen (secondary N) is 1. The monoisotopic (exact) mass is 368 g/mol. The fourth-order valence-corrected chi connectivity index (χ4v) is 3.22. The first-order valence-corrected chi connectivity index (χ1v) is 8.77. The standard InChI is InChI=1S/C21H21ClN2O2/c1-15-7-3-4-8-17(15)19(24-11-5-6-12-24)14-21(25)23-18-13-16(22)9-10-20(18)26-2/h3-13,19H,14H2,1-2H3,(H,23,25)/t19-/m0/s1. The summed E-state index contributed by atoms with van der Waals surface area (Å²) in [5.74, 6) is 0.476. The van der Waals surface area contributed by atoms with Crippen molar-refractivity contribution >= 4 is 23.2 Å². The van der Waals surface area contributed by atoms with Gasteiger partial charge in [-0.25, -0.2) is 0 Å². The molecule has 3 aromatic rings. The van der Waals surface area contributed by atoms with Crippen molar-refractivity contribution in [2.45, 2.75) is 19.4 Å². The molecule has 1 heterocycles. The second-order valence-corrected chi connectivity index (χ2v) is 6.54. The largest absolute Gasteiger partial charge is 0.495 e. The Morgan fingerprint density at radius 1 is 1.15 bits per heavy atom. The van der Waals surface area contributed by atoms with Crippen LogP contribution in [0.15, 0.2) is 67.0 Å². The van der Waals surface area contributed by atoms with Crippen LogP contribution in [0.1, 0.15) is 23.6 Å². The van der Waals surface area contributed by atoms with Gasteiger partial charge in [0, 0.05) is 17.4 Å². The Hall–Kier alpha value is -2.72. The van der Waals surface area contributed by atoms with Crippen LogP contribution < -0.4 is 10.1 Å². The van der Waals surface area contributed by atoms with Crippen LogP contribution in [0, 0.1) is 6.92 Å². The molecular formula is C21H21ClN2O2. The number of anilines is 1. The van der Waals surface area contributed by atoms with E-state index in [-0.39, 0.29) is 11.9 Å². The number of benzene rings is 2. The van der Waals surface area contributed by atoms with Crippen LogP contribution in [0.25, 0.3) is 0 Å². The molecule has 2 aromatic carbocycles. The van der Waals surface area contributed by atoms with Crippen molar-refractivity contribution in [3.63, 3.8) is 0 Å². The quantitative estimate of drug-likeness (QED) is 0.659. The molecule has 1 N–H and O–H groups in total. The molecule has 1 aromatic heterocycles. The number of aromatic nitrogens is 1. The molecule has 0 radical (unpaired) electrons. The zero-order chi connectivity index (χ0) is 18.5. The number of hydrogen-bond acceptors (Lipinski definition) is 2. The highest BCUT2D eigenvalue weighted by Crippen LogP contribution is 2.30. The molecule has 4 nitrogen and oxygen atoms in total. The zero-order valence-electron chi connectivity index (χ0n) is 14.8. The molecular weight excluding hydrogens is 348 g/mol. The highest BCUT2D eigenvalue weighted by molar-refractivity contribution is 6.31. The molecule has 1 amide bonds. The van der Waals surface area contributed by atoms with Crippen LogP contribution in [0.2, 0.25) is 5.02 Å². The number of nitrogens with zero attached hydrogens (tertiary/aromatic N) is 1. The summed E-state index contributed by atoms with van der Waals surface area (Å²) in [6, 6.07) is 17.1. The summed E-state index contributed by atoms with van der Waals surface area (Å²) in [6.07, 6.45) is 4.25. The molecule has 1 atom stereocenters. The molecule has 5 heteroatoms. The third kappa shape index (κ3) is 4.09. The predicted octanol–water partition coefficient (Wildman–Crippen LogP) is 5.08. The molecule has 134 valence electrons. The normalized spacial score (nSPS) is 11.8.